The third-order valence-electron chi connectivity index (χ3n) is 3.41. The molecule has 18 heavy (non-hydrogen) atoms. The number of hydrogen-bond acceptors (Lipinski definition) is 3. The Hall–Kier alpha value is -0.0551. The molecule has 3 nitrogen and oxygen atoms in total. The molecular weight excluding hydrogens is 227 g/mol. The summed E-state index contributed by atoms with van der Waals surface area (Å²) in [5, 5.41) is 0. The minimum Gasteiger partial charge on any atom is -0.386 e. The van der Waals surface area contributed by atoms with Crippen molar-refractivity contribution in [1.29, 1.82) is 0 Å². The van der Waals surface area contributed by atoms with E-state index < -0.39 is 7.32 Å². The first-order valence-electron chi connectivity index (χ1n) is 7.38. The van der Waals surface area contributed by atoms with Crippen molar-refractivity contribution in [2.45, 2.75) is 78.4 Å². The number of hydrogen-bond donors (Lipinski definition) is 0. The second-order valence-electron chi connectivity index (χ2n) is 6.22. The van der Waals surface area contributed by atoms with Gasteiger partial charge in [0.2, 0.25) is 0 Å². The van der Waals surface area contributed by atoms with Crippen LogP contribution in [-0.2, 0) is 14.0 Å². The molecule has 4 heteroatoms. The lowest BCUT2D eigenvalue weighted by atomic mass is 9.94. The molecule has 0 radical (unpaired) electrons. The van der Waals surface area contributed by atoms with Gasteiger partial charge in [-0.05, 0) is 46.0 Å². The Kier molecular flexibility index (Phi) is 6.68. The van der Waals surface area contributed by atoms with Crippen LogP contribution in [0.4, 0.5) is 0 Å². The van der Waals surface area contributed by atoms with Gasteiger partial charge in [0.05, 0.1) is 5.60 Å². The van der Waals surface area contributed by atoms with Crippen LogP contribution >= 0.6 is 0 Å². The van der Waals surface area contributed by atoms with Gasteiger partial charge in [-0.2, -0.15) is 0 Å². The molecule has 0 aromatic carbocycles. The summed E-state index contributed by atoms with van der Waals surface area (Å²) >= 11 is 0. The summed E-state index contributed by atoms with van der Waals surface area (Å²) in [6, 6.07) is 0. The molecule has 2 atom stereocenters. The fraction of sp³-hybridized carbons (Fsp3) is 1.00. The van der Waals surface area contributed by atoms with Crippen LogP contribution in [0, 0.1) is 5.92 Å². The molecule has 1 aliphatic rings. The van der Waals surface area contributed by atoms with E-state index in [-0.39, 0.29) is 11.7 Å². The Morgan fingerprint density at radius 1 is 1.39 bits per heavy atom. The van der Waals surface area contributed by atoms with E-state index >= 15 is 0 Å². The molecular formula is C14H29BO3. The summed E-state index contributed by atoms with van der Waals surface area (Å²) in [6.07, 6.45) is 6.00. The van der Waals surface area contributed by atoms with Gasteiger partial charge in [0.25, 0.3) is 0 Å². The zero-order valence-corrected chi connectivity index (χ0v) is 12.7. The van der Waals surface area contributed by atoms with Crippen molar-refractivity contribution in [2.75, 3.05) is 6.61 Å². The van der Waals surface area contributed by atoms with Crippen molar-refractivity contribution in [1.82, 2.24) is 0 Å². The van der Waals surface area contributed by atoms with E-state index in [1.165, 1.54) is 19.3 Å². The first-order chi connectivity index (χ1) is 8.43. The maximum atomic E-state index is 5.75. The molecule has 0 aliphatic carbocycles. The molecule has 0 saturated carbocycles. The molecule has 106 valence electrons. The highest BCUT2D eigenvalue weighted by Gasteiger charge is 2.38. The van der Waals surface area contributed by atoms with Crippen LogP contribution in [-0.4, -0.2) is 25.6 Å². The maximum absolute atomic E-state index is 5.75. The normalized spacial score (nSPS) is 25.2. The summed E-state index contributed by atoms with van der Waals surface area (Å²) in [5.74, 6) is 0.794. The van der Waals surface area contributed by atoms with Gasteiger partial charge in [0.15, 0.2) is 0 Å². The first-order valence-corrected chi connectivity index (χ1v) is 7.38. The maximum Gasteiger partial charge on any atom is 0.640 e. The van der Waals surface area contributed by atoms with Crippen molar-refractivity contribution >= 4 is 7.32 Å². The van der Waals surface area contributed by atoms with E-state index in [0.29, 0.717) is 0 Å². The van der Waals surface area contributed by atoms with E-state index in [9.17, 15) is 0 Å². The third-order valence-corrected chi connectivity index (χ3v) is 3.41. The molecule has 0 amide bonds. The lowest BCUT2D eigenvalue weighted by Crippen LogP contribution is -2.47. The van der Waals surface area contributed by atoms with Crippen LogP contribution in [0.5, 0.6) is 0 Å². The van der Waals surface area contributed by atoms with Gasteiger partial charge >= 0.3 is 7.32 Å². The summed E-state index contributed by atoms with van der Waals surface area (Å²) in [6.45, 7) is 11.5. The Bertz CT molecular complexity index is 233. The molecule has 1 aliphatic heterocycles. The van der Waals surface area contributed by atoms with Crippen LogP contribution in [0.1, 0.15) is 66.7 Å². The van der Waals surface area contributed by atoms with Crippen LogP contribution in [0.15, 0.2) is 0 Å². The molecule has 0 bridgehead atoms. The Morgan fingerprint density at radius 3 is 2.72 bits per heavy atom. The lowest BCUT2D eigenvalue weighted by Gasteiger charge is -2.37. The molecule has 1 heterocycles. The van der Waals surface area contributed by atoms with Gasteiger partial charge in [0.1, 0.15) is 0 Å². The quantitative estimate of drug-likeness (QED) is 0.512. The van der Waals surface area contributed by atoms with Gasteiger partial charge in [-0.1, -0.05) is 26.7 Å². The van der Waals surface area contributed by atoms with Crippen LogP contribution < -0.4 is 0 Å². The summed E-state index contributed by atoms with van der Waals surface area (Å²) in [4.78, 5) is 0. The van der Waals surface area contributed by atoms with Gasteiger partial charge in [-0.3, -0.25) is 0 Å². The SMILES string of the molecule is CCCC(C)CCCOB1OC(C)CC(C)(C)O1. The Balaban J connectivity index is 2.15. The molecule has 1 saturated heterocycles. The van der Waals surface area contributed by atoms with Gasteiger partial charge < -0.3 is 14.0 Å². The monoisotopic (exact) mass is 256 g/mol. The molecule has 1 fully saturated rings. The van der Waals surface area contributed by atoms with Crippen molar-refractivity contribution < 1.29 is 14.0 Å². The highest BCUT2D eigenvalue weighted by atomic mass is 16.7. The van der Waals surface area contributed by atoms with Crippen LogP contribution in [0.2, 0.25) is 0 Å². The first kappa shape index (κ1) is 16.0. The fourth-order valence-electron chi connectivity index (χ4n) is 2.59. The Labute approximate surface area is 113 Å². The van der Waals surface area contributed by atoms with Gasteiger partial charge in [-0.15, -0.1) is 0 Å². The van der Waals surface area contributed by atoms with Crippen molar-refractivity contribution in [3.63, 3.8) is 0 Å². The third kappa shape index (κ3) is 6.21. The molecule has 1 rings (SSSR count). The summed E-state index contributed by atoms with van der Waals surface area (Å²) < 4.78 is 17.1. The molecule has 0 spiro atoms. The molecule has 0 aromatic heterocycles. The summed E-state index contributed by atoms with van der Waals surface area (Å²) in [7, 11) is -0.481. The fourth-order valence-corrected chi connectivity index (χ4v) is 2.59. The van der Waals surface area contributed by atoms with Crippen molar-refractivity contribution in [3.05, 3.63) is 0 Å². The lowest BCUT2D eigenvalue weighted by molar-refractivity contribution is -0.0692. The molecule has 0 aromatic rings. The largest absolute Gasteiger partial charge is 0.640 e. The predicted octanol–water partition coefficient (Wildman–Crippen LogP) is 3.81. The zero-order valence-electron chi connectivity index (χ0n) is 12.7. The topological polar surface area (TPSA) is 27.7 Å². The second kappa shape index (κ2) is 7.51. The predicted molar refractivity (Wildman–Crippen MR) is 75.3 cm³/mol. The molecule has 2 unspecified atom stereocenters. The average molecular weight is 256 g/mol. The average Bonchev–Trinajstić information content (AvgIpc) is 2.22. The zero-order chi connectivity index (χ0) is 13.6. The standard InChI is InChI=1S/C14H29BO3/c1-6-8-12(2)9-7-10-16-15-17-13(3)11-14(4,5)18-15/h12-13H,6-11H2,1-5H3. The van der Waals surface area contributed by atoms with E-state index in [2.05, 4.69) is 34.6 Å². The highest BCUT2D eigenvalue weighted by Crippen LogP contribution is 2.26. The second-order valence-corrected chi connectivity index (χ2v) is 6.22. The van der Waals surface area contributed by atoms with Gasteiger partial charge in [0, 0.05) is 12.7 Å². The van der Waals surface area contributed by atoms with Crippen LogP contribution in [0.25, 0.3) is 0 Å². The smallest absolute Gasteiger partial charge is 0.386 e. The van der Waals surface area contributed by atoms with Gasteiger partial charge in [-0.25, -0.2) is 0 Å². The van der Waals surface area contributed by atoms with E-state index in [4.69, 9.17) is 14.0 Å². The van der Waals surface area contributed by atoms with Crippen LogP contribution in [0.3, 0.4) is 0 Å². The highest BCUT2D eigenvalue weighted by molar-refractivity contribution is 6.36. The Morgan fingerprint density at radius 2 is 2.11 bits per heavy atom. The minimum absolute atomic E-state index is 0.141. The van der Waals surface area contributed by atoms with Crippen molar-refractivity contribution in [3.8, 4) is 0 Å². The van der Waals surface area contributed by atoms with E-state index in [1.807, 2.05) is 0 Å². The van der Waals surface area contributed by atoms with Crippen molar-refractivity contribution in [2.24, 2.45) is 5.92 Å². The molecule has 0 N–H and O–H groups in total. The number of rotatable bonds is 7. The summed E-state index contributed by atoms with van der Waals surface area (Å²) in [5.41, 5.74) is -0.141. The van der Waals surface area contributed by atoms with E-state index in [0.717, 1.165) is 25.4 Å². The minimum atomic E-state index is -0.481. The van der Waals surface area contributed by atoms with E-state index in [1.54, 1.807) is 0 Å².